The van der Waals surface area contributed by atoms with Gasteiger partial charge in [-0.15, -0.1) is 0 Å². The Labute approximate surface area is 90.3 Å². The van der Waals surface area contributed by atoms with Gasteiger partial charge in [0.25, 0.3) is 0 Å². The zero-order chi connectivity index (χ0) is 11.5. The minimum Gasteiger partial charge on any atom is -0.479 e. The minimum absolute atomic E-state index is 0.379. The van der Waals surface area contributed by atoms with Crippen LogP contribution in [0.4, 0.5) is 0 Å². The van der Waals surface area contributed by atoms with Gasteiger partial charge in [-0.05, 0) is 25.7 Å². The predicted octanol–water partition coefficient (Wildman–Crippen LogP) is 1.50. The molecule has 86 valence electrons. The average molecular weight is 213 g/mol. The fourth-order valence-corrected chi connectivity index (χ4v) is 2.58. The van der Waals surface area contributed by atoms with Gasteiger partial charge in [-0.1, -0.05) is 19.8 Å². The lowest BCUT2D eigenvalue weighted by atomic mass is 9.75. The fourth-order valence-electron chi connectivity index (χ4n) is 2.58. The number of aliphatic carboxylic acids is 1. The topological polar surface area (TPSA) is 57.6 Å². The molecule has 0 heterocycles. The van der Waals surface area contributed by atoms with Crippen LogP contribution in [0, 0.1) is 5.92 Å². The summed E-state index contributed by atoms with van der Waals surface area (Å²) in [5.74, 6) is -0.480. The highest BCUT2D eigenvalue weighted by Gasteiger charge is 2.45. The van der Waals surface area contributed by atoms with Crippen molar-refractivity contribution in [3.05, 3.63) is 0 Å². The first-order valence-corrected chi connectivity index (χ1v) is 5.52. The van der Waals surface area contributed by atoms with E-state index in [4.69, 9.17) is 0 Å². The Morgan fingerprint density at radius 1 is 1.67 bits per heavy atom. The number of carbonyl (C=O) groups excluding carboxylic acids is 1. The summed E-state index contributed by atoms with van der Waals surface area (Å²) in [6.45, 7) is 4.33. The molecule has 1 aliphatic rings. The lowest BCUT2D eigenvalue weighted by Gasteiger charge is -2.42. The third-order valence-electron chi connectivity index (χ3n) is 3.39. The van der Waals surface area contributed by atoms with Crippen LogP contribution in [0.1, 0.15) is 39.5 Å². The normalized spacial score (nSPS) is 30.9. The number of nitrogens with zero attached hydrogens (tertiary/aromatic N) is 1. The van der Waals surface area contributed by atoms with Crippen molar-refractivity contribution >= 4 is 12.4 Å². The van der Waals surface area contributed by atoms with Crippen molar-refractivity contribution in [3.63, 3.8) is 0 Å². The maximum Gasteiger partial charge on any atom is 0.329 e. The zero-order valence-electron chi connectivity index (χ0n) is 9.40. The highest BCUT2D eigenvalue weighted by molar-refractivity contribution is 5.81. The molecule has 4 nitrogen and oxygen atoms in total. The molecule has 1 rings (SSSR count). The summed E-state index contributed by atoms with van der Waals surface area (Å²) >= 11 is 0. The molecular formula is C11H19NO3. The van der Waals surface area contributed by atoms with Crippen LogP contribution in [0.3, 0.4) is 0 Å². The van der Waals surface area contributed by atoms with Gasteiger partial charge in [-0.3, -0.25) is 4.79 Å². The number of hydrogen-bond donors (Lipinski definition) is 1. The summed E-state index contributed by atoms with van der Waals surface area (Å²) in [6, 6.07) is 0. The van der Waals surface area contributed by atoms with Crippen LogP contribution in [0.15, 0.2) is 0 Å². The third kappa shape index (κ3) is 2.13. The molecule has 0 aliphatic heterocycles. The highest BCUT2D eigenvalue weighted by Crippen LogP contribution is 2.36. The van der Waals surface area contributed by atoms with Crippen LogP contribution in [0.5, 0.6) is 0 Å². The van der Waals surface area contributed by atoms with Crippen molar-refractivity contribution in [2.45, 2.75) is 45.1 Å². The summed E-state index contributed by atoms with van der Waals surface area (Å²) < 4.78 is 0. The molecule has 2 unspecified atom stereocenters. The molecule has 0 aromatic heterocycles. The van der Waals surface area contributed by atoms with E-state index in [1.54, 1.807) is 0 Å². The lowest BCUT2D eigenvalue weighted by molar-refractivity contribution is -0.158. The minimum atomic E-state index is -0.950. The van der Waals surface area contributed by atoms with Crippen LogP contribution in [0.2, 0.25) is 0 Å². The molecule has 0 aromatic rings. The van der Waals surface area contributed by atoms with E-state index in [9.17, 15) is 14.7 Å². The molecule has 1 amide bonds. The zero-order valence-corrected chi connectivity index (χ0v) is 9.40. The first kappa shape index (κ1) is 12.0. The van der Waals surface area contributed by atoms with Gasteiger partial charge in [0.15, 0.2) is 0 Å². The first-order valence-electron chi connectivity index (χ1n) is 5.52. The summed E-state index contributed by atoms with van der Waals surface area (Å²) in [7, 11) is 0. The molecule has 2 atom stereocenters. The van der Waals surface area contributed by atoms with E-state index in [1.807, 2.05) is 6.92 Å². The Morgan fingerprint density at radius 3 is 2.73 bits per heavy atom. The Morgan fingerprint density at radius 2 is 2.33 bits per heavy atom. The molecular weight excluding hydrogens is 194 g/mol. The second-order valence-electron chi connectivity index (χ2n) is 4.43. The van der Waals surface area contributed by atoms with E-state index in [2.05, 4.69) is 6.92 Å². The lowest BCUT2D eigenvalue weighted by Crippen LogP contribution is -2.56. The Hall–Kier alpha value is -1.06. The smallest absolute Gasteiger partial charge is 0.329 e. The van der Waals surface area contributed by atoms with Crippen molar-refractivity contribution in [1.29, 1.82) is 0 Å². The molecule has 1 saturated carbocycles. The molecule has 0 bridgehead atoms. The number of likely N-dealkylation sites (N-methyl/N-ethyl adjacent to an activating group) is 1. The highest BCUT2D eigenvalue weighted by atomic mass is 16.4. The second kappa shape index (κ2) is 4.64. The molecule has 0 aromatic carbocycles. The monoisotopic (exact) mass is 213 g/mol. The largest absolute Gasteiger partial charge is 0.479 e. The third-order valence-corrected chi connectivity index (χ3v) is 3.39. The van der Waals surface area contributed by atoms with E-state index in [-0.39, 0.29) is 0 Å². The molecule has 1 N–H and O–H groups in total. The Bertz CT molecular complexity index is 254. The molecule has 15 heavy (non-hydrogen) atoms. The van der Waals surface area contributed by atoms with E-state index >= 15 is 0 Å². The summed E-state index contributed by atoms with van der Waals surface area (Å²) in [6.07, 6.45) is 3.78. The van der Waals surface area contributed by atoms with Crippen molar-refractivity contribution in [1.82, 2.24) is 4.90 Å². The van der Waals surface area contributed by atoms with Crippen molar-refractivity contribution < 1.29 is 14.7 Å². The van der Waals surface area contributed by atoms with Gasteiger partial charge in [-0.2, -0.15) is 0 Å². The van der Waals surface area contributed by atoms with Crippen LogP contribution in [-0.4, -0.2) is 34.5 Å². The number of carbonyl (C=O) groups is 2. The molecule has 4 heteroatoms. The van der Waals surface area contributed by atoms with Gasteiger partial charge >= 0.3 is 5.97 Å². The molecule has 1 fully saturated rings. The molecule has 1 aliphatic carbocycles. The number of rotatable bonds is 4. The van der Waals surface area contributed by atoms with Gasteiger partial charge in [0.1, 0.15) is 5.54 Å². The van der Waals surface area contributed by atoms with Crippen LogP contribution in [0.25, 0.3) is 0 Å². The van der Waals surface area contributed by atoms with E-state index in [1.165, 1.54) is 4.90 Å². The van der Waals surface area contributed by atoms with Crippen LogP contribution < -0.4 is 0 Å². The van der Waals surface area contributed by atoms with Gasteiger partial charge in [-0.25, -0.2) is 4.79 Å². The summed E-state index contributed by atoms with van der Waals surface area (Å²) in [5, 5.41) is 9.34. The van der Waals surface area contributed by atoms with Gasteiger partial charge in [0.05, 0.1) is 0 Å². The van der Waals surface area contributed by atoms with Crippen LogP contribution in [-0.2, 0) is 9.59 Å². The number of hydrogen-bond acceptors (Lipinski definition) is 2. The number of amides is 1. The number of carboxylic acid groups (broad SMARTS) is 1. The van der Waals surface area contributed by atoms with E-state index in [0.717, 1.165) is 12.8 Å². The maximum absolute atomic E-state index is 11.4. The predicted molar refractivity (Wildman–Crippen MR) is 56.4 cm³/mol. The SMILES string of the molecule is CCN(C=O)C1(C(=O)O)CCCC(C)C1. The number of carboxylic acids is 1. The fraction of sp³-hybridized carbons (Fsp3) is 0.818. The van der Waals surface area contributed by atoms with Crippen LogP contribution >= 0.6 is 0 Å². The second-order valence-corrected chi connectivity index (χ2v) is 4.43. The quantitative estimate of drug-likeness (QED) is 0.720. The maximum atomic E-state index is 11.4. The van der Waals surface area contributed by atoms with Crippen molar-refractivity contribution in [2.75, 3.05) is 6.54 Å². The van der Waals surface area contributed by atoms with Crippen molar-refractivity contribution in [3.8, 4) is 0 Å². The molecule has 0 spiro atoms. The van der Waals surface area contributed by atoms with E-state index < -0.39 is 11.5 Å². The van der Waals surface area contributed by atoms with Gasteiger partial charge in [0, 0.05) is 6.54 Å². The standard InChI is InChI=1S/C11H19NO3/c1-3-12(8-13)11(10(14)15)6-4-5-9(2)7-11/h8-9H,3-7H2,1-2H3,(H,14,15). The van der Waals surface area contributed by atoms with E-state index in [0.29, 0.717) is 31.7 Å². The van der Waals surface area contributed by atoms with Gasteiger partial charge < -0.3 is 10.0 Å². The average Bonchev–Trinajstić information content (AvgIpc) is 2.19. The Balaban J connectivity index is 2.95. The van der Waals surface area contributed by atoms with Gasteiger partial charge in [0.2, 0.25) is 6.41 Å². The Kier molecular flexibility index (Phi) is 3.72. The summed E-state index contributed by atoms with van der Waals surface area (Å²) in [5.41, 5.74) is -0.950. The first-order chi connectivity index (χ1) is 7.06. The van der Waals surface area contributed by atoms with Crippen molar-refractivity contribution in [2.24, 2.45) is 5.92 Å². The molecule has 0 radical (unpaired) electrons. The summed E-state index contributed by atoms with van der Waals surface area (Å²) in [4.78, 5) is 23.7. The molecule has 0 saturated heterocycles.